The summed E-state index contributed by atoms with van der Waals surface area (Å²) in [6.07, 6.45) is 22.9. The van der Waals surface area contributed by atoms with Gasteiger partial charge in [0.05, 0.1) is 48.5 Å². The number of benzene rings is 1. The molecule has 13 heteroatoms. The first-order valence-electron chi connectivity index (χ1n) is 33.4. The zero-order valence-corrected chi connectivity index (χ0v) is 49.3. The van der Waals surface area contributed by atoms with E-state index in [1.54, 1.807) is 6.26 Å². The van der Waals surface area contributed by atoms with Gasteiger partial charge in [-0.25, -0.2) is 4.79 Å². The van der Waals surface area contributed by atoms with Gasteiger partial charge in [-0.1, -0.05) is 101 Å². The van der Waals surface area contributed by atoms with Gasteiger partial charge < -0.3 is 43.6 Å². The molecule has 5 bridgehead atoms. The fourth-order valence-electron chi connectivity index (χ4n) is 25.8. The second kappa shape index (κ2) is 18.4. The second-order valence-corrected chi connectivity index (χ2v) is 31.2. The van der Waals surface area contributed by atoms with E-state index < -0.39 is 86.6 Å². The number of allylic oxidation sites excluding steroid dienone is 1. The van der Waals surface area contributed by atoms with Crippen molar-refractivity contribution in [1.29, 1.82) is 0 Å². The van der Waals surface area contributed by atoms with Gasteiger partial charge in [-0.3, -0.25) is 14.9 Å². The van der Waals surface area contributed by atoms with E-state index in [0.29, 0.717) is 48.3 Å². The van der Waals surface area contributed by atoms with Crippen molar-refractivity contribution in [2.75, 3.05) is 26.4 Å². The Labute approximate surface area is 489 Å². The minimum Gasteiger partial charge on any atom is -0.469 e. The minimum atomic E-state index is -1.50. The first-order valence-corrected chi connectivity index (χ1v) is 33.4. The number of nitrogens with one attached hydrogen (secondary N) is 1. The van der Waals surface area contributed by atoms with Crippen molar-refractivity contribution in [3.8, 4) is 0 Å². The van der Waals surface area contributed by atoms with Crippen LogP contribution < -0.4 is 5.32 Å². The van der Waals surface area contributed by atoms with E-state index >= 15 is 14.4 Å². The Bertz CT molecular complexity index is 3040. The van der Waals surface area contributed by atoms with Gasteiger partial charge in [0.1, 0.15) is 35.8 Å². The Balaban J connectivity index is 0.840. The predicted molar refractivity (Wildman–Crippen MR) is 305 cm³/mol. The summed E-state index contributed by atoms with van der Waals surface area (Å²) in [6.45, 7) is 8.42. The van der Waals surface area contributed by atoms with Crippen molar-refractivity contribution in [1.82, 2.24) is 10.2 Å². The largest absolute Gasteiger partial charge is 0.469 e. The number of esters is 2. The Kier molecular flexibility index (Phi) is 11.8. The first kappa shape index (κ1) is 53.4. The van der Waals surface area contributed by atoms with Crippen LogP contribution in [-0.4, -0.2) is 106 Å². The average molecular weight is 1140 g/mol. The van der Waals surface area contributed by atoms with E-state index in [4.69, 9.17) is 23.4 Å². The number of Topliss-reactive ketones (excluding diaryl/α,β-unsaturated/α-hetero) is 1. The van der Waals surface area contributed by atoms with E-state index in [1.165, 1.54) is 36.8 Å². The molecule has 7 aliphatic heterocycles. The molecule has 4 N–H and O–H groups in total. The summed E-state index contributed by atoms with van der Waals surface area (Å²) in [4.78, 5) is 51.0. The number of rotatable bonds is 12. The van der Waals surface area contributed by atoms with E-state index in [1.807, 2.05) is 6.07 Å². The number of carbonyl (C=O) groups excluding carboxylic acids is 3. The lowest BCUT2D eigenvalue weighted by Gasteiger charge is -2.72. The van der Waals surface area contributed by atoms with Crippen molar-refractivity contribution in [2.45, 2.75) is 196 Å². The number of fused-ring (bicyclic) bond motifs is 5. The van der Waals surface area contributed by atoms with Crippen molar-refractivity contribution < 1.29 is 53.1 Å². The number of ketones is 1. The molecule has 13 nitrogen and oxygen atoms in total. The SMILES string of the molecule is CC(CC1C=C2CC3CCCC34CC3CC5(C)C(c6ccoc6CC(C(O)CO)C6CCC7C(C=CN8CNCC78)C6)OC(=O)C6OC65C5(C6CCCC(Cc7ccccc7)C6)C(O)C(=O)C6C1(C)OC21C4C(=O)OCC61C35)C1CCCC1. The third kappa shape index (κ3) is 6.59. The van der Waals surface area contributed by atoms with Crippen LogP contribution in [0.5, 0.6) is 0 Å². The Hall–Kier alpha value is -3.85. The van der Waals surface area contributed by atoms with Crippen LogP contribution in [0.1, 0.15) is 159 Å². The zero-order chi connectivity index (χ0) is 56.4. The lowest BCUT2D eigenvalue weighted by molar-refractivity contribution is -0.300. The summed E-state index contributed by atoms with van der Waals surface area (Å²) in [5.74, 6) is -0.217. The van der Waals surface area contributed by atoms with Crippen molar-refractivity contribution in [2.24, 2.45) is 105 Å². The fraction of sp³-hybridized carbons (Fsp3) is 0.757. The highest BCUT2D eigenvalue weighted by Gasteiger charge is 2.98. The average Bonchev–Trinajstić information content (AvgIpc) is 1.46. The topological polar surface area (TPSA) is 181 Å². The van der Waals surface area contributed by atoms with E-state index in [2.05, 4.69) is 79.7 Å². The number of cyclic esters (lactones) is 2. The molecule has 8 heterocycles. The number of carbonyl (C=O) groups is 3. The molecule has 0 radical (unpaired) electrons. The molecule has 1 aromatic heterocycles. The van der Waals surface area contributed by atoms with Crippen molar-refractivity contribution in [3.05, 3.63) is 83.5 Å². The molecule has 8 saturated carbocycles. The standard InChI is InChI=1S/C70H90N2O11/c1-38(41-14-7-8-15-41)25-47-30-48-29-45-17-10-22-66(45)33-44-32-64(2)60(50-21-24-79-54(50)31-51(53(74)35-73)42-18-19-49-43(28-42)20-23-72-37-71-34-52(49)72)81-63(78)61-70(64,82-61)68(46-16-9-13-40(27-46)26-39-11-5-4-6-12-39)56(44)67-36-80-62(77)58(66)69(48,67)83-65(47,3)57(67)55(75)59(68)76/h4-6,11-12,20-21,23-24,30,38,40-47,49,51-53,56-61,71,73-74,76H,7-10,13-19,22,25-29,31-37H2,1-3H3. The third-order valence-corrected chi connectivity index (χ3v) is 28.4. The van der Waals surface area contributed by atoms with Gasteiger partial charge in [0.25, 0.3) is 0 Å². The zero-order valence-electron chi connectivity index (χ0n) is 49.3. The molecule has 17 rings (SSSR count). The number of furan rings is 1. The number of aliphatic hydroxyl groups is 3. The summed E-state index contributed by atoms with van der Waals surface area (Å²) in [5, 5.41) is 41.0. The molecule has 2 aromatic rings. The molecule has 1 aromatic carbocycles. The number of hydrogen-bond donors (Lipinski definition) is 4. The maximum atomic E-state index is 17.3. The maximum Gasteiger partial charge on any atom is 0.339 e. The molecule has 83 heavy (non-hydrogen) atoms. The molecule has 25 unspecified atom stereocenters. The summed E-state index contributed by atoms with van der Waals surface area (Å²) >= 11 is 0. The summed E-state index contributed by atoms with van der Waals surface area (Å²) in [6, 6.07) is 13.2. The predicted octanol–water partition coefficient (Wildman–Crippen LogP) is 9.61. The van der Waals surface area contributed by atoms with Crippen LogP contribution in [0.3, 0.4) is 0 Å². The van der Waals surface area contributed by atoms with E-state index in [-0.39, 0.29) is 66.4 Å². The molecular formula is C70H90N2O11. The van der Waals surface area contributed by atoms with Gasteiger partial charge >= 0.3 is 11.9 Å². The Morgan fingerprint density at radius 3 is 2.54 bits per heavy atom. The van der Waals surface area contributed by atoms with Crippen molar-refractivity contribution >= 4 is 17.7 Å². The molecule has 13 fully saturated rings. The highest BCUT2D eigenvalue weighted by molar-refractivity contribution is 5.94. The monoisotopic (exact) mass is 1130 g/mol. The highest BCUT2D eigenvalue weighted by atomic mass is 16.7. The molecule has 5 saturated heterocycles. The smallest absolute Gasteiger partial charge is 0.339 e. The fourth-order valence-corrected chi connectivity index (χ4v) is 25.8. The lowest BCUT2D eigenvalue weighted by atomic mass is 9.29. The van der Waals surface area contributed by atoms with Crippen LogP contribution in [0.2, 0.25) is 0 Å². The van der Waals surface area contributed by atoms with Gasteiger partial charge in [-0.05, 0) is 178 Å². The van der Waals surface area contributed by atoms with Crippen LogP contribution in [0.4, 0.5) is 0 Å². The Morgan fingerprint density at radius 1 is 0.880 bits per heavy atom. The third-order valence-electron chi connectivity index (χ3n) is 28.4. The molecule has 15 aliphatic rings. The normalized spacial score (nSPS) is 50.4. The molecule has 4 spiro atoms. The molecule has 8 aliphatic carbocycles. The van der Waals surface area contributed by atoms with Crippen LogP contribution >= 0.6 is 0 Å². The summed E-state index contributed by atoms with van der Waals surface area (Å²) in [7, 11) is 0. The highest BCUT2D eigenvalue weighted by Crippen LogP contribution is 2.90. The van der Waals surface area contributed by atoms with Gasteiger partial charge in [0, 0.05) is 41.3 Å². The molecular weight excluding hydrogens is 1040 g/mol. The summed E-state index contributed by atoms with van der Waals surface area (Å²) < 4.78 is 36.5. The molecule has 25 atom stereocenters. The minimum absolute atomic E-state index is 0.0489. The molecule has 0 amide bonds. The number of epoxide rings is 1. The van der Waals surface area contributed by atoms with Crippen LogP contribution in [-0.2, 0) is 46.2 Å². The van der Waals surface area contributed by atoms with Crippen LogP contribution in [0.25, 0.3) is 0 Å². The van der Waals surface area contributed by atoms with Crippen LogP contribution in [0, 0.1) is 105 Å². The van der Waals surface area contributed by atoms with Gasteiger partial charge in [0.2, 0.25) is 0 Å². The lowest BCUT2D eigenvalue weighted by Crippen LogP contribution is -2.82. The van der Waals surface area contributed by atoms with Gasteiger partial charge in [0.15, 0.2) is 11.9 Å². The van der Waals surface area contributed by atoms with Crippen LogP contribution in [0.15, 0.2) is 71.0 Å². The van der Waals surface area contributed by atoms with E-state index in [9.17, 15) is 15.3 Å². The summed E-state index contributed by atoms with van der Waals surface area (Å²) in [5.41, 5.74) is -4.02. The number of ether oxygens (including phenoxy) is 4. The second-order valence-electron chi connectivity index (χ2n) is 31.2. The maximum absolute atomic E-state index is 17.3. The quantitative estimate of drug-likeness (QED) is 0.0898. The molecule has 446 valence electrons. The first-order chi connectivity index (χ1) is 40.2. The Morgan fingerprint density at radius 2 is 1.71 bits per heavy atom. The van der Waals surface area contributed by atoms with Crippen molar-refractivity contribution in [3.63, 3.8) is 0 Å². The van der Waals surface area contributed by atoms with Gasteiger partial charge in [-0.2, -0.15) is 0 Å². The van der Waals surface area contributed by atoms with Gasteiger partial charge in [-0.15, -0.1) is 0 Å². The number of hydrogen-bond acceptors (Lipinski definition) is 13. The number of nitrogens with zero attached hydrogens (tertiary/aromatic N) is 1. The van der Waals surface area contributed by atoms with E-state index in [0.717, 1.165) is 109 Å². The number of aliphatic hydroxyl groups excluding tert-OH is 3.